The van der Waals surface area contributed by atoms with E-state index in [1.807, 2.05) is 0 Å². The third-order valence-electron chi connectivity index (χ3n) is 4.58. The highest BCUT2D eigenvalue weighted by Crippen LogP contribution is 2.22. The Kier molecular flexibility index (Phi) is 4.27. The lowest BCUT2D eigenvalue weighted by molar-refractivity contribution is 0.384. The number of halogens is 2. The van der Waals surface area contributed by atoms with E-state index in [1.165, 1.54) is 4.40 Å². The molecule has 0 atom stereocenters. The molecule has 0 amide bonds. The Morgan fingerprint density at radius 1 is 1.15 bits per heavy atom. The van der Waals surface area contributed by atoms with Gasteiger partial charge in [0.25, 0.3) is 5.56 Å². The van der Waals surface area contributed by atoms with Crippen molar-refractivity contribution >= 4 is 15.7 Å². The zero-order valence-corrected chi connectivity index (χ0v) is 14.9. The molecular weight excluding hydrogens is 376 g/mol. The smallest absolute Gasteiger partial charge is 0.262 e. The molecule has 27 heavy (non-hydrogen) atoms. The molecule has 6 nitrogen and oxygen atoms in total. The lowest BCUT2D eigenvalue weighted by atomic mass is 10.1. The molecule has 3 aromatic rings. The quantitative estimate of drug-likeness (QED) is 0.683. The molecule has 3 heterocycles. The summed E-state index contributed by atoms with van der Waals surface area (Å²) in [6, 6.07) is 7.86. The van der Waals surface area contributed by atoms with E-state index in [1.54, 1.807) is 24.4 Å². The number of sulfonamides is 1. The van der Waals surface area contributed by atoms with Crippen molar-refractivity contribution in [2.45, 2.75) is 18.7 Å². The molecule has 9 heteroatoms. The maximum absolute atomic E-state index is 13.8. The molecule has 0 saturated heterocycles. The van der Waals surface area contributed by atoms with Gasteiger partial charge in [-0.1, -0.05) is 6.07 Å². The van der Waals surface area contributed by atoms with Crippen LogP contribution in [0.25, 0.3) is 5.65 Å². The van der Waals surface area contributed by atoms with Crippen LogP contribution in [0.5, 0.6) is 0 Å². The fourth-order valence-electron chi connectivity index (χ4n) is 3.20. The van der Waals surface area contributed by atoms with E-state index in [4.69, 9.17) is 0 Å². The van der Waals surface area contributed by atoms with Crippen LogP contribution in [0.15, 0.2) is 47.4 Å². The minimum Gasteiger partial charge on any atom is -0.269 e. The number of rotatable bonds is 3. The normalized spacial score (nSPS) is 15.0. The summed E-state index contributed by atoms with van der Waals surface area (Å²) in [5.41, 5.74) is 0.795. The van der Waals surface area contributed by atoms with Gasteiger partial charge in [-0.15, -0.1) is 0 Å². The average molecular weight is 391 g/mol. The van der Waals surface area contributed by atoms with Gasteiger partial charge in [0.1, 0.15) is 17.3 Å². The van der Waals surface area contributed by atoms with Gasteiger partial charge in [0.15, 0.2) is 0 Å². The van der Waals surface area contributed by atoms with E-state index in [2.05, 4.69) is 4.98 Å². The monoisotopic (exact) mass is 391 g/mol. The van der Waals surface area contributed by atoms with Crippen molar-refractivity contribution in [1.82, 2.24) is 13.7 Å². The van der Waals surface area contributed by atoms with Crippen molar-refractivity contribution in [3.05, 3.63) is 81.4 Å². The fourth-order valence-corrected chi connectivity index (χ4v) is 4.69. The molecular formula is C18H15F2N3O3S. The molecule has 0 aliphatic carbocycles. The topological polar surface area (TPSA) is 71.8 Å². The molecule has 0 saturated carbocycles. The van der Waals surface area contributed by atoms with E-state index < -0.39 is 27.4 Å². The van der Waals surface area contributed by atoms with Crippen LogP contribution in [-0.4, -0.2) is 28.7 Å². The van der Waals surface area contributed by atoms with Crippen LogP contribution < -0.4 is 5.56 Å². The van der Waals surface area contributed by atoms with Gasteiger partial charge in [0, 0.05) is 31.3 Å². The zero-order valence-electron chi connectivity index (χ0n) is 14.1. The number of benzene rings is 1. The molecule has 0 spiro atoms. The van der Waals surface area contributed by atoms with Gasteiger partial charge in [-0.3, -0.25) is 9.20 Å². The first kappa shape index (κ1) is 17.7. The highest BCUT2D eigenvalue weighted by Gasteiger charge is 2.30. The lowest BCUT2D eigenvalue weighted by Gasteiger charge is -2.27. The number of fused-ring (bicyclic) bond motifs is 2. The van der Waals surface area contributed by atoms with Gasteiger partial charge in [0.05, 0.1) is 17.0 Å². The van der Waals surface area contributed by atoms with Crippen LogP contribution in [0.3, 0.4) is 0 Å². The van der Waals surface area contributed by atoms with Gasteiger partial charge < -0.3 is 0 Å². The van der Waals surface area contributed by atoms with Crippen LogP contribution >= 0.6 is 0 Å². The van der Waals surface area contributed by atoms with E-state index in [9.17, 15) is 22.0 Å². The number of pyridine rings is 1. The molecule has 0 radical (unpaired) electrons. The molecule has 1 aliphatic rings. The predicted molar refractivity (Wildman–Crippen MR) is 94.6 cm³/mol. The molecule has 2 aromatic heterocycles. The standard InChI is InChI=1S/C18H15F2N3O3S/c19-13-4-5-15(20)12(9-13)11-27(25,26)22-8-6-16-14(10-22)18(24)23-7-2-1-3-17(23)21-16/h1-5,7,9H,6,8,10-11H2. The summed E-state index contributed by atoms with van der Waals surface area (Å²) in [6.07, 6.45) is 1.85. The minimum atomic E-state index is -3.94. The summed E-state index contributed by atoms with van der Waals surface area (Å²) in [5, 5.41) is 0. The number of aromatic nitrogens is 2. The maximum atomic E-state index is 13.8. The molecule has 0 N–H and O–H groups in total. The first-order valence-corrected chi connectivity index (χ1v) is 9.87. The summed E-state index contributed by atoms with van der Waals surface area (Å²) in [5.74, 6) is -2.17. The molecule has 1 aromatic carbocycles. The first-order valence-electron chi connectivity index (χ1n) is 8.26. The van der Waals surface area contributed by atoms with Gasteiger partial charge in [0.2, 0.25) is 10.0 Å². The van der Waals surface area contributed by atoms with Gasteiger partial charge in [-0.05, 0) is 30.3 Å². The summed E-state index contributed by atoms with van der Waals surface area (Å²) in [4.78, 5) is 17.1. The second-order valence-electron chi connectivity index (χ2n) is 6.35. The molecule has 1 aliphatic heterocycles. The SMILES string of the molecule is O=c1c2c(nc3ccccn13)CCN(S(=O)(=O)Cc1cc(F)ccc1F)C2. The van der Waals surface area contributed by atoms with E-state index in [-0.39, 0.29) is 30.6 Å². The van der Waals surface area contributed by atoms with Crippen molar-refractivity contribution in [1.29, 1.82) is 0 Å². The van der Waals surface area contributed by atoms with Crippen LogP contribution in [0.2, 0.25) is 0 Å². The Morgan fingerprint density at radius 2 is 1.96 bits per heavy atom. The van der Waals surface area contributed by atoms with Gasteiger partial charge in [-0.2, -0.15) is 4.31 Å². The summed E-state index contributed by atoms with van der Waals surface area (Å²) < 4.78 is 55.1. The van der Waals surface area contributed by atoms with E-state index in [0.29, 0.717) is 16.9 Å². The first-order chi connectivity index (χ1) is 12.8. The highest BCUT2D eigenvalue weighted by molar-refractivity contribution is 7.88. The average Bonchev–Trinajstić information content (AvgIpc) is 2.64. The predicted octanol–water partition coefficient (Wildman–Crippen LogP) is 1.86. The second kappa shape index (κ2) is 6.50. The molecule has 4 rings (SSSR count). The van der Waals surface area contributed by atoms with Crippen molar-refractivity contribution in [2.24, 2.45) is 0 Å². The Hall–Kier alpha value is -2.65. The van der Waals surface area contributed by atoms with Gasteiger partial charge >= 0.3 is 0 Å². The third-order valence-corrected chi connectivity index (χ3v) is 6.36. The molecule has 0 bridgehead atoms. The molecule has 0 unspecified atom stereocenters. The van der Waals surface area contributed by atoms with Crippen LogP contribution in [0, 0.1) is 11.6 Å². The van der Waals surface area contributed by atoms with Gasteiger partial charge in [-0.25, -0.2) is 22.2 Å². The molecule has 0 fully saturated rings. The third kappa shape index (κ3) is 3.24. The number of nitrogens with zero attached hydrogens (tertiary/aromatic N) is 3. The zero-order chi connectivity index (χ0) is 19.2. The highest BCUT2D eigenvalue weighted by atomic mass is 32.2. The number of hydrogen-bond acceptors (Lipinski definition) is 4. The van der Waals surface area contributed by atoms with Crippen LogP contribution in [0.4, 0.5) is 8.78 Å². The van der Waals surface area contributed by atoms with Crippen molar-refractivity contribution < 1.29 is 17.2 Å². The Balaban J connectivity index is 1.68. The van der Waals surface area contributed by atoms with Crippen molar-refractivity contribution in [3.8, 4) is 0 Å². The van der Waals surface area contributed by atoms with Crippen LogP contribution in [-0.2, 0) is 28.7 Å². The Bertz CT molecular complexity index is 1210. The minimum absolute atomic E-state index is 0.127. The lowest BCUT2D eigenvalue weighted by Crippen LogP contribution is -2.40. The summed E-state index contributed by atoms with van der Waals surface area (Å²) in [7, 11) is -3.94. The van der Waals surface area contributed by atoms with Crippen molar-refractivity contribution in [3.63, 3.8) is 0 Å². The molecule has 140 valence electrons. The second-order valence-corrected chi connectivity index (χ2v) is 8.32. The number of hydrogen-bond donors (Lipinski definition) is 0. The Morgan fingerprint density at radius 3 is 2.78 bits per heavy atom. The summed E-state index contributed by atoms with van der Waals surface area (Å²) in [6.45, 7) is -0.0139. The maximum Gasteiger partial charge on any atom is 0.262 e. The fraction of sp³-hybridized carbons (Fsp3) is 0.222. The van der Waals surface area contributed by atoms with E-state index in [0.717, 1.165) is 22.5 Å². The largest absolute Gasteiger partial charge is 0.269 e. The van der Waals surface area contributed by atoms with Crippen LogP contribution in [0.1, 0.15) is 16.8 Å². The Labute approximate surface area is 153 Å². The van der Waals surface area contributed by atoms with E-state index >= 15 is 0 Å². The summed E-state index contributed by atoms with van der Waals surface area (Å²) >= 11 is 0. The van der Waals surface area contributed by atoms with Crippen molar-refractivity contribution in [2.75, 3.05) is 6.54 Å².